The second-order valence-corrected chi connectivity index (χ2v) is 8.21. The number of carbonyl (C=O) groups is 2. The third-order valence-corrected chi connectivity index (χ3v) is 5.37. The number of amides is 3. The number of anilines is 2. The number of morpholine rings is 1. The van der Waals surface area contributed by atoms with Crippen molar-refractivity contribution in [3.63, 3.8) is 0 Å². The van der Waals surface area contributed by atoms with Gasteiger partial charge in [0.15, 0.2) is 0 Å². The fourth-order valence-corrected chi connectivity index (χ4v) is 3.58. The number of hydrogen-bond acceptors (Lipinski definition) is 7. The summed E-state index contributed by atoms with van der Waals surface area (Å²) >= 11 is 3.28. The third kappa shape index (κ3) is 5.85. The van der Waals surface area contributed by atoms with Crippen LogP contribution < -0.4 is 20.3 Å². The number of aryl methyl sites for hydroxylation is 1. The summed E-state index contributed by atoms with van der Waals surface area (Å²) in [6.07, 6.45) is 3.18. The first kappa shape index (κ1) is 22.7. The number of halogens is 1. The SMILES string of the molecule is Cc1cc(NC(=O)NC(=O)c2ccccc2N2CCOCC2)ccc1Oc1ncc(Br)cn1. The van der Waals surface area contributed by atoms with Gasteiger partial charge in [-0.05, 0) is 58.7 Å². The average Bonchev–Trinajstić information content (AvgIpc) is 2.82. The zero-order valence-electron chi connectivity index (χ0n) is 17.9. The average molecular weight is 512 g/mol. The fourth-order valence-electron chi connectivity index (χ4n) is 3.37. The van der Waals surface area contributed by atoms with Gasteiger partial charge in [0, 0.05) is 36.9 Å². The monoisotopic (exact) mass is 511 g/mol. The van der Waals surface area contributed by atoms with Crippen LogP contribution in [0.25, 0.3) is 0 Å². The molecule has 1 aliphatic heterocycles. The maximum Gasteiger partial charge on any atom is 0.326 e. The van der Waals surface area contributed by atoms with Crippen LogP contribution in [0.4, 0.5) is 16.2 Å². The lowest BCUT2D eigenvalue weighted by atomic mass is 10.1. The summed E-state index contributed by atoms with van der Waals surface area (Å²) in [5, 5.41) is 5.08. The molecule has 0 spiro atoms. The largest absolute Gasteiger partial charge is 0.424 e. The van der Waals surface area contributed by atoms with Crippen molar-refractivity contribution in [2.75, 3.05) is 36.5 Å². The van der Waals surface area contributed by atoms with E-state index < -0.39 is 11.9 Å². The zero-order chi connectivity index (χ0) is 23.2. The van der Waals surface area contributed by atoms with Gasteiger partial charge in [0.2, 0.25) is 0 Å². The Hall–Kier alpha value is -3.50. The van der Waals surface area contributed by atoms with E-state index in [0.29, 0.717) is 43.3 Å². The van der Waals surface area contributed by atoms with Crippen LogP contribution in [0, 0.1) is 6.92 Å². The minimum absolute atomic E-state index is 0.212. The molecular weight excluding hydrogens is 490 g/mol. The highest BCUT2D eigenvalue weighted by Gasteiger charge is 2.20. The number of urea groups is 1. The Morgan fingerprint density at radius 1 is 1.09 bits per heavy atom. The van der Waals surface area contributed by atoms with E-state index in [2.05, 4.69) is 41.4 Å². The molecule has 3 amide bonds. The molecule has 1 saturated heterocycles. The van der Waals surface area contributed by atoms with E-state index in [1.165, 1.54) is 0 Å². The van der Waals surface area contributed by atoms with E-state index in [0.717, 1.165) is 15.7 Å². The number of imide groups is 1. The van der Waals surface area contributed by atoms with Crippen molar-refractivity contribution in [1.82, 2.24) is 15.3 Å². The minimum atomic E-state index is -0.624. The molecule has 9 nitrogen and oxygen atoms in total. The van der Waals surface area contributed by atoms with Gasteiger partial charge in [-0.25, -0.2) is 14.8 Å². The van der Waals surface area contributed by atoms with Crippen LogP contribution in [0.1, 0.15) is 15.9 Å². The van der Waals surface area contributed by atoms with Crippen LogP contribution in [-0.4, -0.2) is 48.2 Å². The highest BCUT2D eigenvalue weighted by molar-refractivity contribution is 9.10. The van der Waals surface area contributed by atoms with Gasteiger partial charge in [-0.2, -0.15) is 0 Å². The molecular formula is C23H22BrN5O4. The van der Waals surface area contributed by atoms with E-state index in [1.54, 1.807) is 42.7 Å². The topological polar surface area (TPSA) is 106 Å². The Kier molecular flexibility index (Phi) is 7.16. The number of benzene rings is 2. The second kappa shape index (κ2) is 10.4. The van der Waals surface area contributed by atoms with E-state index in [9.17, 15) is 9.59 Å². The number of hydrogen-bond donors (Lipinski definition) is 2. The smallest absolute Gasteiger partial charge is 0.326 e. The van der Waals surface area contributed by atoms with Gasteiger partial charge in [0.25, 0.3) is 5.91 Å². The predicted octanol–water partition coefficient (Wildman–Crippen LogP) is 4.14. The van der Waals surface area contributed by atoms with Crippen molar-refractivity contribution in [3.05, 3.63) is 70.5 Å². The molecule has 10 heteroatoms. The number of carbonyl (C=O) groups excluding carboxylic acids is 2. The standard InChI is InChI=1S/C23H22BrN5O4/c1-15-12-17(6-7-20(15)33-23-25-13-16(24)14-26-23)27-22(31)28-21(30)18-4-2-3-5-19(18)29-8-10-32-11-9-29/h2-7,12-14H,8-11H2,1H3,(H2,27,28,30,31). The summed E-state index contributed by atoms with van der Waals surface area (Å²) in [5.74, 6) is 0.0810. The van der Waals surface area contributed by atoms with Gasteiger partial charge in [0.1, 0.15) is 5.75 Å². The first-order chi connectivity index (χ1) is 16.0. The number of nitrogens with zero attached hydrogens (tertiary/aromatic N) is 3. The summed E-state index contributed by atoms with van der Waals surface area (Å²) in [7, 11) is 0. The Balaban J connectivity index is 1.39. The first-order valence-corrected chi connectivity index (χ1v) is 11.1. The van der Waals surface area contributed by atoms with Crippen LogP contribution in [0.5, 0.6) is 11.8 Å². The molecule has 1 fully saturated rings. The lowest BCUT2D eigenvalue weighted by Gasteiger charge is -2.30. The number of para-hydroxylation sites is 1. The van der Waals surface area contributed by atoms with Crippen molar-refractivity contribution >= 4 is 39.2 Å². The summed E-state index contributed by atoms with van der Waals surface area (Å²) in [6, 6.07) is 11.9. The lowest BCUT2D eigenvalue weighted by Crippen LogP contribution is -2.39. The maximum atomic E-state index is 12.8. The summed E-state index contributed by atoms with van der Waals surface area (Å²) in [4.78, 5) is 35.5. The number of nitrogens with one attached hydrogen (secondary N) is 2. The van der Waals surface area contributed by atoms with Crippen molar-refractivity contribution in [1.29, 1.82) is 0 Å². The van der Waals surface area contributed by atoms with Gasteiger partial charge in [0.05, 0.1) is 23.2 Å². The molecule has 0 bridgehead atoms. The fraction of sp³-hybridized carbons (Fsp3) is 0.217. The Labute approximate surface area is 199 Å². The van der Waals surface area contributed by atoms with Crippen molar-refractivity contribution in [2.45, 2.75) is 6.92 Å². The molecule has 0 atom stereocenters. The summed E-state index contributed by atoms with van der Waals surface area (Å²) < 4.78 is 11.8. The normalized spacial score (nSPS) is 13.3. The molecule has 1 aliphatic rings. The maximum absolute atomic E-state index is 12.8. The molecule has 33 heavy (non-hydrogen) atoms. The van der Waals surface area contributed by atoms with Crippen molar-refractivity contribution in [3.8, 4) is 11.8 Å². The number of rotatable bonds is 5. The molecule has 2 aromatic carbocycles. The Morgan fingerprint density at radius 3 is 2.55 bits per heavy atom. The van der Waals surface area contributed by atoms with Gasteiger partial charge >= 0.3 is 12.0 Å². The number of ether oxygens (including phenoxy) is 2. The van der Waals surface area contributed by atoms with E-state index in [4.69, 9.17) is 9.47 Å². The zero-order valence-corrected chi connectivity index (χ0v) is 19.5. The molecule has 0 saturated carbocycles. The highest BCUT2D eigenvalue weighted by atomic mass is 79.9. The second-order valence-electron chi connectivity index (χ2n) is 7.29. The van der Waals surface area contributed by atoms with E-state index >= 15 is 0 Å². The molecule has 4 rings (SSSR count). The molecule has 0 unspecified atom stereocenters. The lowest BCUT2D eigenvalue weighted by molar-refractivity contribution is 0.0965. The third-order valence-electron chi connectivity index (χ3n) is 4.96. The predicted molar refractivity (Wildman–Crippen MR) is 127 cm³/mol. The van der Waals surface area contributed by atoms with Gasteiger partial charge < -0.3 is 19.7 Å². The summed E-state index contributed by atoms with van der Waals surface area (Å²) in [6.45, 7) is 4.42. The van der Waals surface area contributed by atoms with Crippen molar-refractivity contribution in [2.24, 2.45) is 0 Å². The van der Waals surface area contributed by atoms with Crippen LogP contribution in [-0.2, 0) is 4.74 Å². The molecule has 3 aromatic rings. The van der Waals surface area contributed by atoms with Crippen LogP contribution >= 0.6 is 15.9 Å². The Morgan fingerprint density at radius 2 is 1.82 bits per heavy atom. The first-order valence-electron chi connectivity index (χ1n) is 10.3. The summed E-state index contributed by atoms with van der Waals surface area (Å²) in [5.41, 5.74) is 2.49. The highest BCUT2D eigenvalue weighted by Crippen LogP contribution is 2.26. The van der Waals surface area contributed by atoms with Crippen molar-refractivity contribution < 1.29 is 19.1 Å². The molecule has 2 N–H and O–H groups in total. The molecule has 170 valence electrons. The minimum Gasteiger partial charge on any atom is -0.424 e. The van der Waals surface area contributed by atoms with E-state index in [-0.39, 0.29) is 6.01 Å². The Bertz CT molecular complexity index is 1150. The molecule has 0 aliphatic carbocycles. The van der Waals surface area contributed by atoms with Crippen LogP contribution in [0.15, 0.2) is 59.3 Å². The molecule has 0 radical (unpaired) electrons. The van der Waals surface area contributed by atoms with Gasteiger partial charge in [-0.15, -0.1) is 0 Å². The number of aromatic nitrogens is 2. The molecule has 2 heterocycles. The quantitative estimate of drug-likeness (QED) is 0.530. The van der Waals surface area contributed by atoms with Gasteiger partial charge in [-0.3, -0.25) is 10.1 Å². The van der Waals surface area contributed by atoms with Crippen LogP contribution in [0.3, 0.4) is 0 Å². The molecule has 1 aromatic heterocycles. The van der Waals surface area contributed by atoms with Crippen LogP contribution in [0.2, 0.25) is 0 Å². The van der Waals surface area contributed by atoms with E-state index in [1.807, 2.05) is 19.1 Å². The van der Waals surface area contributed by atoms with Gasteiger partial charge in [-0.1, -0.05) is 12.1 Å².